The van der Waals surface area contributed by atoms with Crippen molar-refractivity contribution in [3.8, 4) is 11.1 Å². The van der Waals surface area contributed by atoms with E-state index in [1.165, 1.54) is 42.6 Å². The van der Waals surface area contributed by atoms with Gasteiger partial charge in [0.25, 0.3) is 5.91 Å². The molecule has 0 radical (unpaired) electrons. The lowest BCUT2D eigenvalue weighted by atomic mass is 10.0. The Morgan fingerprint density at radius 2 is 1.76 bits per heavy atom. The highest BCUT2D eigenvalue weighted by Crippen LogP contribution is 2.39. The van der Waals surface area contributed by atoms with E-state index in [1.54, 1.807) is 4.90 Å². The van der Waals surface area contributed by atoms with E-state index in [9.17, 15) is 33.7 Å². The standard InChI is InChI=1S/C25H22Cl2F2N4O5/c26-17-5-4-13(22(30)34)10-16(17)14-11-20(32-8-6-15(28)7-9-32)23(31-12-14)33(25(36,37)38)24(35)21-18(27)2-1-3-19(21)29/h1-5,10-12,15,36-38H,6-9H2,(H2,30,34). The molecule has 1 fully saturated rings. The van der Waals surface area contributed by atoms with Crippen LogP contribution >= 0.6 is 23.2 Å². The molecule has 38 heavy (non-hydrogen) atoms. The first kappa shape index (κ1) is 27.7. The molecule has 0 spiro atoms. The Bertz CT molecular complexity index is 1370. The minimum atomic E-state index is -3.84. The fraction of sp³-hybridized carbons (Fsp3) is 0.240. The predicted molar refractivity (Wildman–Crippen MR) is 137 cm³/mol. The normalized spacial score (nSPS) is 14.4. The van der Waals surface area contributed by atoms with E-state index >= 15 is 0 Å². The van der Waals surface area contributed by atoms with Crippen LogP contribution in [-0.2, 0) is 0 Å². The lowest BCUT2D eigenvalue weighted by Gasteiger charge is -2.36. The molecule has 9 nitrogen and oxygen atoms in total. The van der Waals surface area contributed by atoms with Crippen LogP contribution in [0.2, 0.25) is 10.0 Å². The maximum Gasteiger partial charge on any atom is 0.377 e. The second-order valence-electron chi connectivity index (χ2n) is 8.62. The molecule has 13 heteroatoms. The van der Waals surface area contributed by atoms with Crippen molar-refractivity contribution in [3.05, 3.63) is 75.7 Å². The molecule has 5 N–H and O–H groups in total. The Balaban J connectivity index is 1.92. The van der Waals surface area contributed by atoms with Gasteiger partial charge < -0.3 is 26.0 Å². The molecule has 0 atom stereocenters. The molecule has 200 valence electrons. The van der Waals surface area contributed by atoms with Crippen molar-refractivity contribution < 1.29 is 33.7 Å². The van der Waals surface area contributed by atoms with E-state index in [1.807, 2.05) is 0 Å². The predicted octanol–water partition coefficient (Wildman–Crippen LogP) is 3.47. The summed E-state index contributed by atoms with van der Waals surface area (Å²) in [6.45, 7) is 0.290. The summed E-state index contributed by atoms with van der Waals surface area (Å²) in [4.78, 5) is 31.0. The number of primary amides is 1. The van der Waals surface area contributed by atoms with Crippen molar-refractivity contribution in [1.82, 2.24) is 4.98 Å². The van der Waals surface area contributed by atoms with Crippen LogP contribution in [0.25, 0.3) is 11.1 Å². The van der Waals surface area contributed by atoms with Crippen LogP contribution < -0.4 is 15.5 Å². The number of carbonyl (C=O) groups is 2. The SMILES string of the molecule is NC(=O)c1ccc(Cl)c(-c2cnc(N(C(=O)c3c(F)cccc3Cl)C(O)(O)O)c(N3CCC(F)CC3)c2)c1. The third-order valence-electron chi connectivity index (χ3n) is 6.07. The van der Waals surface area contributed by atoms with Gasteiger partial charge in [0.05, 0.1) is 16.3 Å². The number of benzene rings is 2. The molecule has 0 unspecified atom stereocenters. The minimum absolute atomic E-state index is 0.0669. The number of piperidine rings is 1. The summed E-state index contributed by atoms with van der Waals surface area (Å²) in [5, 5.41) is 30.5. The smallest absolute Gasteiger partial charge is 0.368 e. The number of pyridine rings is 1. The summed E-state index contributed by atoms with van der Waals surface area (Å²) in [6, 6.07) is 9.15. The monoisotopic (exact) mass is 566 g/mol. The highest BCUT2D eigenvalue weighted by Gasteiger charge is 2.41. The average molecular weight is 567 g/mol. The zero-order valence-corrected chi connectivity index (χ0v) is 21.1. The number of carbonyl (C=O) groups excluding carboxylic acids is 2. The number of alkyl halides is 1. The fourth-order valence-electron chi connectivity index (χ4n) is 4.18. The lowest BCUT2D eigenvalue weighted by Crippen LogP contribution is -2.53. The van der Waals surface area contributed by atoms with Crippen molar-refractivity contribution in [2.24, 2.45) is 5.73 Å². The zero-order chi connectivity index (χ0) is 27.8. The molecule has 3 aromatic rings. The highest BCUT2D eigenvalue weighted by atomic mass is 35.5. The first-order chi connectivity index (χ1) is 17.9. The van der Waals surface area contributed by atoms with Crippen molar-refractivity contribution in [2.45, 2.75) is 25.1 Å². The Morgan fingerprint density at radius 3 is 2.37 bits per heavy atom. The number of nitrogens with two attached hydrogens (primary N) is 1. The van der Waals surface area contributed by atoms with E-state index in [4.69, 9.17) is 28.9 Å². The number of halogens is 4. The van der Waals surface area contributed by atoms with Crippen molar-refractivity contribution >= 4 is 46.5 Å². The molecule has 2 heterocycles. The molecular formula is C25H22Cl2F2N4O5. The van der Waals surface area contributed by atoms with Gasteiger partial charge in [-0.15, -0.1) is 0 Å². The summed E-state index contributed by atoms with van der Waals surface area (Å²) in [5.74, 6) is -3.67. The minimum Gasteiger partial charge on any atom is -0.368 e. The number of hydrogen-bond acceptors (Lipinski definition) is 7. The number of aromatic nitrogens is 1. The summed E-state index contributed by atoms with van der Waals surface area (Å²) in [5.41, 5.74) is 5.52. The maximum atomic E-state index is 14.6. The van der Waals surface area contributed by atoms with Gasteiger partial charge in [-0.1, -0.05) is 29.3 Å². The van der Waals surface area contributed by atoms with Crippen LogP contribution in [0.1, 0.15) is 33.6 Å². The Labute approximate surface area is 225 Å². The van der Waals surface area contributed by atoms with Crippen molar-refractivity contribution in [1.29, 1.82) is 0 Å². The van der Waals surface area contributed by atoms with Gasteiger partial charge in [-0.05, 0) is 49.2 Å². The van der Waals surface area contributed by atoms with E-state index < -0.39 is 41.3 Å². The molecule has 2 amide bonds. The van der Waals surface area contributed by atoms with E-state index in [2.05, 4.69) is 4.98 Å². The number of nitrogens with zero attached hydrogens (tertiary/aromatic N) is 3. The molecule has 1 aromatic heterocycles. The Hall–Kier alpha value is -3.35. The number of aliphatic hydroxyl groups is 3. The van der Waals surface area contributed by atoms with Crippen LogP contribution in [0, 0.1) is 5.82 Å². The molecular weight excluding hydrogens is 545 g/mol. The van der Waals surface area contributed by atoms with Crippen LogP contribution in [0.4, 0.5) is 20.3 Å². The van der Waals surface area contributed by atoms with Gasteiger partial charge in [0.2, 0.25) is 5.91 Å². The molecule has 0 saturated carbocycles. The zero-order valence-electron chi connectivity index (χ0n) is 19.6. The van der Waals surface area contributed by atoms with E-state index in [-0.39, 0.29) is 52.1 Å². The molecule has 1 saturated heterocycles. The van der Waals surface area contributed by atoms with Gasteiger partial charge in [0.1, 0.15) is 12.0 Å². The van der Waals surface area contributed by atoms with Crippen LogP contribution in [0.15, 0.2) is 48.7 Å². The largest absolute Gasteiger partial charge is 0.377 e. The highest BCUT2D eigenvalue weighted by molar-refractivity contribution is 6.35. The second kappa shape index (κ2) is 10.8. The quantitative estimate of drug-likeness (QED) is 0.335. The van der Waals surface area contributed by atoms with Crippen LogP contribution in [-0.4, -0.2) is 57.5 Å². The second-order valence-corrected chi connectivity index (χ2v) is 9.44. The van der Waals surface area contributed by atoms with Gasteiger partial charge in [0.15, 0.2) is 5.82 Å². The number of anilines is 2. The molecule has 4 rings (SSSR count). The molecule has 0 bridgehead atoms. The molecule has 1 aliphatic rings. The summed E-state index contributed by atoms with van der Waals surface area (Å²) < 4.78 is 28.5. The third-order valence-corrected chi connectivity index (χ3v) is 6.71. The maximum absolute atomic E-state index is 14.6. The number of amides is 2. The third kappa shape index (κ3) is 5.57. The van der Waals surface area contributed by atoms with Gasteiger partial charge in [-0.3, -0.25) is 9.59 Å². The van der Waals surface area contributed by atoms with Gasteiger partial charge in [-0.2, -0.15) is 0 Å². The van der Waals surface area contributed by atoms with Gasteiger partial charge in [0, 0.05) is 41.0 Å². The van der Waals surface area contributed by atoms with Crippen molar-refractivity contribution in [3.63, 3.8) is 0 Å². The van der Waals surface area contributed by atoms with E-state index in [0.29, 0.717) is 11.1 Å². The molecule has 1 aliphatic heterocycles. The number of rotatable bonds is 6. The summed E-state index contributed by atoms with van der Waals surface area (Å²) >= 11 is 12.4. The first-order valence-electron chi connectivity index (χ1n) is 11.3. The van der Waals surface area contributed by atoms with Crippen LogP contribution in [0.3, 0.4) is 0 Å². The average Bonchev–Trinajstić information content (AvgIpc) is 2.84. The Morgan fingerprint density at radius 1 is 1.08 bits per heavy atom. The van der Waals surface area contributed by atoms with Gasteiger partial charge in [-0.25, -0.2) is 18.7 Å². The first-order valence-corrected chi connectivity index (χ1v) is 12.1. The molecule has 0 aliphatic carbocycles. The Kier molecular flexibility index (Phi) is 7.86. The van der Waals surface area contributed by atoms with E-state index in [0.717, 1.165) is 6.07 Å². The fourth-order valence-corrected chi connectivity index (χ4v) is 4.65. The van der Waals surface area contributed by atoms with Crippen molar-refractivity contribution in [2.75, 3.05) is 22.9 Å². The topological polar surface area (TPSA) is 140 Å². The summed E-state index contributed by atoms with van der Waals surface area (Å²) in [6.07, 6.45) is -3.47. The lowest BCUT2D eigenvalue weighted by molar-refractivity contribution is -0.304. The summed E-state index contributed by atoms with van der Waals surface area (Å²) in [7, 11) is 0. The van der Waals surface area contributed by atoms with Crippen LogP contribution in [0.5, 0.6) is 0 Å². The van der Waals surface area contributed by atoms with Gasteiger partial charge >= 0.3 is 6.10 Å². The molecule has 2 aromatic carbocycles. The number of hydrogen-bond donors (Lipinski definition) is 4.